The van der Waals surface area contributed by atoms with Gasteiger partial charge in [-0.05, 0) is 46.6 Å². The third kappa shape index (κ3) is 3.62. The fourth-order valence-electron chi connectivity index (χ4n) is 2.01. The van der Waals surface area contributed by atoms with Gasteiger partial charge < -0.3 is 14.5 Å². The first kappa shape index (κ1) is 16.3. The van der Waals surface area contributed by atoms with Crippen molar-refractivity contribution in [2.24, 2.45) is 0 Å². The van der Waals surface area contributed by atoms with Crippen molar-refractivity contribution < 1.29 is 19.1 Å². The maximum Gasteiger partial charge on any atom is 0.355 e. The van der Waals surface area contributed by atoms with Gasteiger partial charge in [0.25, 0.3) is 0 Å². The van der Waals surface area contributed by atoms with Crippen molar-refractivity contribution >= 4 is 11.9 Å². The first-order valence-electron chi connectivity index (χ1n) is 6.83. The molecular weight excluding hydrogens is 258 g/mol. The summed E-state index contributed by atoms with van der Waals surface area (Å²) in [6.45, 7) is 11.1. The van der Waals surface area contributed by atoms with Crippen LogP contribution in [0.1, 0.15) is 66.7 Å². The van der Waals surface area contributed by atoms with Gasteiger partial charge in [-0.3, -0.25) is 0 Å². The van der Waals surface area contributed by atoms with Gasteiger partial charge in [-0.25, -0.2) is 9.59 Å². The lowest BCUT2D eigenvalue weighted by Gasteiger charge is -2.20. The molecule has 1 aromatic rings. The highest BCUT2D eigenvalue weighted by atomic mass is 16.6. The fraction of sp³-hybridized carbons (Fsp3) is 0.600. The predicted octanol–water partition coefficient (Wildman–Crippen LogP) is 3.02. The van der Waals surface area contributed by atoms with Gasteiger partial charge in [-0.15, -0.1) is 0 Å². The van der Waals surface area contributed by atoms with Crippen molar-refractivity contribution in [1.82, 2.24) is 4.98 Å². The van der Waals surface area contributed by atoms with Crippen molar-refractivity contribution in [3.8, 4) is 0 Å². The van der Waals surface area contributed by atoms with Gasteiger partial charge in [0.05, 0.1) is 12.2 Å². The summed E-state index contributed by atoms with van der Waals surface area (Å²) < 4.78 is 10.4. The minimum atomic E-state index is -0.574. The van der Waals surface area contributed by atoms with Gasteiger partial charge in [-0.2, -0.15) is 0 Å². The summed E-state index contributed by atoms with van der Waals surface area (Å²) in [7, 11) is 0. The Morgan fingerprint density at radius 1 is 1.15 bits per heavy atom. The zero-order valence-corrected chi connectivity index (χ0v) is 13.0. The maximum absolute atomic E-state index is 12.3. The van der Waals surface area contributed by atoms with Crippen LogP contribution in [0.2, 0.25) is 0 Å². The van der Waals surface area contributed by atoms with Crippen LogP contribution in [0.25, 0.3) is 0 Å². The topological polar surface area (TPSA) is 68.4 Å². The second kappa shape index (κ2) is 6.11. The first-order valence-corrected chi connectivity index (χ1v) is 6.83. The number of rotatable bonds is 4. The number of carbonyl (C=O) groups is 2. The van der Waals surface area contributed by atoms with E-state index in [0.29, 0.717) is 35.5 Å². The van der Waals surface area contributed by atoms with Gasteiger partial charge in [0.2, 0.25) is 0 Å². The summed E-state index contributed by atoms with van der Waals surface area (Å²) in [5.41, 5.74) is 1.48. The number of nitrogens with one attached hydrogen (secondary N) is 1. The Labute approximate surface area is 119 Å². The van der Waals surface area contributed by atoms with Crippen LogP contribution in [0, 0.1) is 6.92 Å². The summed E-state index contributed by atoms with van der Waals surface area (Å²) in [4.78, 5) is 27.1. The average molecular weight is 281 g/mol. The van der Waals surface area contributed by atoms with Crippen molar-refractivity contribution in [3.63, 3.8) is 0 Å². The van der Waals surface area contributed by atoms with Crippen LogP contribution in [0.15, 0.2) is 0 Å². The predicted molar refractivity (Wildman–Crippen MR) is 76.0 cm³/mol. The van der Waals surface area contributed by atoms with Crippen LogP contribution in [0.3, 0.4) is 0 Å². The second-order valence-corrected chi connectivity index (χ2v) is 5.55. The highest BCUT2D eigenvalue weighted by Crippen LogP contribution is 2.23. The third-order valence-electron chi connectivity index (χ3n) is 2.73. The zero-order chi connectivity index (χ0) is 15.5. The Bertz CT molecular complexity index is 509. The SMILES string of the molecule is CCOC(=O)c1[nH]c(C)c(C(=O)OC(C)(C)C)c1CC. The van der Waals surface area contributed by atoms with E-state index in [1.165, 1.54) is 0 Å². The number of carbonyl (C=O) groups excluding carboxylic acids is 2. The van der Waals surface area contributed by atoms with Crippen molar-refractivity contribution in [2.45, 2.75) is 53.6 Å². The van der Waals surface area contributed by atoms with E-state index in [1.807, 2.05) is 27.7 Å². The van der Waals surface area contributed by atoms with Gasteiger partial charge in [0, 0.05) is 5.69 Å². The molecule has 1 rings (SSSR count). The Kier molecular flexibility index (Phi) is 4.98. The maximum atomic E-state index is 12.3. The number of esters is 2. The van der Waals surface area contributed by atoms with Crippen LogP contribution < -0.4 is 0 Å². The average Bonchev–Trinajstić information content (AvgIpc) is 2.64. The highest BCUT2D eigenvalue weighted by molar-refractivity contribution is 5.98. The fourth-order valence-corrected chi connectivity index (χ4v) is 2.01. The largest absolute Gasteiger partial charge is 0.461 e. The van der Waals surface area contributed by atoms with E-state index in [2.05, 4.69) is 4.98 Å². The van der Waals surface area contributed by atoms with E-state index in [0.717, 1.165) is 0 Å². The molecule has 0 atom stereocenters. The van der Waals surface area contributed by atoms with Gasteiger partial charge in [-0.1, -0.05) is 6.92 Å². The lowest BCUT2D eigenvalue weighted by Crippen LogP contribution is -2.24. The quantitative estimate of drug-likeness (QED) is 0.861. The molecule has 0 fully saturated rings. The number of aromatic nitrogens is 1. The molecule has 112 valence electrons. The number of aromatic amines is 1. The summed E-state index contributed by atoms with van der Waals surface area (Å²) in [6.07, 6.45) is 0.549. The normalized spacial score (nSPS) is 11.3. The Hall–Kier alpha value is -1.78. The first-order chi connectivity index (χ1) is 9.21. The third-order valence-corrected chi connectivity index (χ3v) is 2.73. The van der Waals surface area contributed by atoms with E-state index in [-0.39, 0.29) is 0 Å². The summed E-state index contributed by atoms with van der Waals surface area (Å²) in [6, 6.07) is 0. The van der Waals surface area contributed by atoms with Crippen LogP contribution in [0.4, 0.5) is 0 Å². The summed E-state index contributed by atoms with van der Waals surface area (Å²) in [5, 5.41) is 0. The van der Waals surface area contributed by atoms with E-state index in [4.69, 9.17) is 9.47 Å². The molecule has 0 saturated carbocycles. The molecule has 0 aliphatic rings. The molecule has 0 aromatic carbocycles. The molecule has 0 unspecified atom stereocenters. The molecule has 0 amide bonds. The van der Waals surface area contributed by atoms with Crippen LogP contribution in [-0.2, 0) is 15.9 Å². The van der Waals surface area contributed by atoms with Crippen molar-refractivity contribution in [2.75, 3.05) is 6.61 Å². The number of H-pyrrole nitrogens is 1. The zero-order valence-electron chi connectivity index (χ0n) is 13.0. The Morgan fingerprint density at radius 3 is 2.20 bits per heavy atom. The number of hydrogen-bond donors (Lipinski definition) is 1. The second-order valence-electron chi connectivity index (χ2n) is 5.55. The Balaban J connectivity index is 3.21. The molecule has 0 saturated heterocycles. The van der Waals surface area contributed by atoms with Gasteiger partial charge in [0.1, 0.15) is 11.3 Å². The molecule has 20 heavy (non-hydrogen) atoms. The molecule has 0 aliphatic carbocycles. The van der Waals surface area contributed by atoms with Gasteiger partial charge in [0.15, 0.2) is 0 Å². The molecule has 0 radical (unpaired) electrons. The molecule has 0 aliphatic heterocycles. The standard InChI is InChI=1S/C15H23NO4/c1-7-10-11(13(17)20-15(4,5)6)9(3)16-12(10)14(18)19-8-2/h16H,7-8H2,1-6H3. The smallest absolute Gasteiger partial charge is 0.355 e. The van der Waals surface area contributed by atoms with E-state index < -0.39 is 17.5 Å². The molecule has 1 N–H and O–H groups in total. The van der Waals surface area contributed by atoms with Crippen LogP contribution in [-0.4, -0.2) is 29.1 Å². The summed E-state index contributed by atoms with van der Waals surface area (Å²) in [5.74, 6) is -0.860. The number of ether oxygens (including phenoxy) is 2. The molecule has 5 nitrogen and oxygen atoms in total. The van der Waals surface area contributed by atoms with E-state index in [9.17, 15) is 9.59 Å². The van der Waals surface area contributed by atoms with E-state index >= 15 is 0 Å². The van der Waals surface area contributed by atoms with Gasteiger partial charge >= 0.3 is 11.9 Å². The molecule has 5 heteroatoms. The van der Waals surface area contributed by atoms with Crippen molar-refractivity contribution in [3.05, 3.63) is 22.5 Å². The summed E-state index contributed by atoms with van der Waals surface area (Å²) >= 11 is 0. The van der Waals surface area contributed by atoms with Crippen LogP contribution in [0.5, 0.6) is 0 Å². The number of aryl methyl sites for hydroxylation is 1. The number of hydrogen-bond acceptors (Lipinski definition) is 4. The lowest BCUT2D eigenvalue weighted by atomic mass is 10.1. The van der Waals surface area contributed by atoms with E-state index in [1.54, 1.807) is 13.8 Å². The minimum Gasteiger partial charge on any atom is -0.461 e. The molecular formula is C15H23NO4. The Morgan fingerprint density at radius 2 is 1.75 bits per heavy atom. The molecule has 1 heterocycles. The molecule has 0 bridgehead atoms. The molecule has 0 spiro atoms. The minimum absolute atomic E-state index is 0.293. The van der Waals surface area contributed by atoms with Crippen molar-refractivity contribution in [1.29, 1.82) is 0 Å². The van der Waals surface area contributed by atoms with Crippen LogP contribution >= 0.6 is 0 Å². The lowest BCUT2D eigenvalue weighted by molar-refractivity contribution is 0.00679. The monoisotopic (exact) mass is 281 g/mol. The highest BCUT2D eigenvalue weighted by Gasteiger charge is 2.27. The molecule has 1 aromatic heterocycles.